The second kappa shape index (κ2) is 4.01. The first-order chi connectivity index (χ1) is 8.12. The van der Waals surface area contributed by atoms with Crippen molar-refractivity contribution in [2.75, 3.05) is 13.2 Å². The van der Waals surface area contributed by atoms with E-state index in [1.807, 2.05) is 0 Å². The van der Waals surface area contributed by atoms with Gasteiger partial charge < -0.3 is 14.6 Å². The Morgan fingerprint density at radius 3 is 1.67 bits per heavy atom. The van der Waals surface area contributed by atoms with E-state index in [9.17, 15) is 27.1 Å². The number of alkyl halides is 5. The maximum atomic E-state index is 13.2. The molecule has 1 heterocycles. The van der Waals surface area contributed by atoms with Gasteiger partial charge in [0.25, 0.3) is 0 Å². The number of aliphatic hydroxyl groups is 1. The number of ether oxygens (including phenoxy) is 2. The lowest BCUT2D eigenvalue weighted by molar-refractivity contribution is -0.355. The molecule has 0 aromatic rings. The van der Waals surface area contributed by atoms with Crippen LogP contribution in [0.3, 0.4) is 0 Å². The molecule has 0 amide bonds. The number of hydrogen-bond donors (Lipinski definition) is 1. The van der Waals surface area contributed by atoms with Crippen LogP contribution in [0.1, 0.15) is 25.7 Å². The molecule has 0 radical (unpaired) electrons. The molecular formula is C10H13F5O3. The first kappa shape index (κ1) is 14.0. The van der Waals surface area contributed by atoms with E-state index in [-0.39, 0.29) is 26.1 Å². The molecule has 1 saturated carbocycles. The second-order valence-corrected chi connectivity index (χ2v) is 4.71. The van der Waals surface area contributed by atoms with Crippen LogP contribution in [-0.4, -0.2) is 41.8 Å². The van der Waals surface area contributed by atoms with Crippen molar-refractivity contribution in [2.24, 2.45) is 0 Å². The predicted molar refractivity (Wildman–Crippen MR) is 49.1 cm³/mol. The van der Waals surface area contributed by atoms with E-state index < -0.39 is 36.3 Å². The van der Waals surface area contributed by atoms with Gasteiger partial charge in [-0.15, -0.1) is 0 Å². The van der Waals surface area contributed by atoms with Crippen LogP contribution in [0.2, 0.25) is 0 Å². The van der Waals surface area contributed by atoms with Gasteiger partial charge in [-0.2, -0.15) is 22.0 Å². The fourth-order valence-corrected chi connectivity index (χ4v) is 2.41. The molecule has 2 rings (SSSR count). The molecule has 0 unspecified atom stereocenters. The van der Waals surface area contributed by atoms with Crippen molar-refractivity contribution in [3.8, 4) is 0 Å². The summed E-state index contributed by atoms with van der Waals surface area (Å²) in [5.41, 5.74) is -3.08. The largest absolute Gasteiger partial charge is 0.456 e. The third-order valence-corrected chi connectivity index (χ3v) is 3.59. The Morgan fingerprint density at radius 1 is 0.833 bits per heavy atom. The van der Waals surface area contributed by atoms with Crippen molar-refractivity contribution in [3.05, 3.63) is 0 Å². The second-order valence-electron chi connectivity index (χ2n) is 4.71. The highest BCUT2D eigenvalue weighted by atomic mass is 19.4. The van der Waals surface area contributed by atoms with Gasteiger partial charge in [-0.25, -0.2) is 0 Å². The summed E-state index contributed by atoms with van der Waals surface area (Å²) in [5, 5.41) is 9.60. The van der Waals surface area contributed by atoms with Gasteiger partial charge in [-0.05, 0) is 12.8 Å². The van der Waals surface area contributed by atoms with E-state index in [1.165, 1.54) is 0 Å². The Morgan fingerprint density at radius 2 is 1.28 bits per heavy atom. The topological polar surface area (TPSA) is 38.7 Å². The Balaban J connectivity index is 2.11. The van der Waals surface area contributed by atoms with Gasteiger partial charge in [-0.3, -0.25) is 0 Å². The highest BCUT2D eigenvalue weighted by Crippen LogP contribution is 2.52. The molecule has 0 aromatic carbocycles. The third kappa shape index (κ3) is 2.00. The number of rotatable bonds is 1. The Hall–Kier alpha value is -0.470. The molecule has 1 spiro atoms. The molecule has 1 aliphatic carbocycles. The van der Waals surface area contributed by atoms with Crippen molar-refractivity contribution < 1.29 is 36.5 Å². The molecule has 1 aliphatic heterocycles. The summed E-state index contributed by atoms with van der Waals surface area (Å²) in [6.45, 7) is 0.572. The van der Waals surface area contributed by atoms with Gasteiger partial charge >= 0.3 is 12.1 Å². The van der Waals surface area contributed by atoms with Crippen molar-refractivity contribution in [1.82, 2.24) is 0 Å². The van der Waals surface area contributed by atoms with E-state index in [0.717, 1.165) is 0 Å². The standard InChI is InChI=1S/C10H13F5O3/c11-9(12,10(13,14)15)7(16)1-3-8(4-2-7)17-5-6-18-8/h16H,1-6H2. The first-order valence-electron chi connectivity index (χ1n) is 5.57. The van der Waals surface area contributed by atoms with E-state index in [1.54, 1.807) is 0 Å². The number of halogens is 5. The smallest absolute Gasteiger partial charge is 0.383 e. The monoisotopic (exact) mass is 276 g/mol. The summed E-state index contributed by atoms with van der Waals surface area (Å²) in [6.07, 6.45) is -7.52. The number of hydrogen-bond acceptors (Lipinski definition) is 3. The minimum Gasteiger partial charge on any atom is -0.383 e. The molecule has 0 atom stereocenters. The first-order valence-corrected chi connectivity index (χ1v) is 5.57. The zero-order chi connectivity index (χ0) is 13.7. The molecule has 8 heteroatoms. The SMILES string of the molecule is OC1(C(F)(F)C(F)(F)F)CCC2(CC1)OCCO2. The summed E-state index contributed by atoms with van der Waals surface area (Å²) < 4.78 is 73.6. The van der Waals surface area contributed by atoms with Gasteiger partial charge in [-0.1, -0.05) is 0 Å². The molecular weight excluding hydrogens is 263 g/mol. The van der Waals surface area contributed by atoms with Gasteiger partial charge in [0, 0.05) is 12.8 Å². The molecule has 0 aromatic heterocycles. The highest BCUT2D eigenvalue weighted by molar-refractivity contribution is 5.02. The van der Waals surface area contributed by atoms with Crippen molar-refractivity contribution in [2.45, 2.75) is 49.2 Å². The fourth-order valence-electron chi connectivity index (χ4n) is 2.41. The lowest BCUT2D eigenvalue weighted by Gasteiger charge is -2.44. The van der Waals surface area contributed by atoms with Crippen LogP contribution in [0, 0.1) is 0 Å². The highest BCUT2D eigenvalue weighted by Gasteiger charge is 2.70. The molecule has 1 saturated heterocycles. The molecule has 18 heavy (non-hydrogen) atoms. The van der Waals surface area contributed by atoms with Crippen molar-refractivity contribution >= 4 is 0 Å². The van der Waals surface area contributed by atoms with Gasteiger partial charge in [0.1, 0.15) is 5.60 Å². The van der Waals surface area contributed by atoms with Gasteiger partial charge in [0.15, 0.2) is 5.79 Å². The summed E-state index contributed by atoms with van der Waals surface area (Å²) >= 11 is 0. The third-order valence-electron chi connectivity index (χ3n) is 3.59. The molecule has 0 bridgehead atoms. The van der Waals surface area contributed by atoms with Crippen LogP contribution >= 0.6 is 0 Å². The minimum absolute atomic E-state index is 0.171. The van der Waals surface area contributed by atoms with Crippen LogP contribution in [0.25, 0.3) is 0 Å². The summed E-state index contributed by atoms with van der Waals surface area (Å²) in [6, 6.07) is 0. The lowest BCUT2D eigenvalue weighted by atomic mass is 9.77. The Bertz CT molecular complexity index is 312. The maximum absolute atomic E-state index is 13.2. The summed E-state index contributed by atoms with van der Waals surface area (Å²) in [5.74, 6) is -6.21. The minimum atomic E-state index is -5.76. The van der Waals surface area contributed by atoms with Crippen LogP contribution in [0.4, 0.5) is 22.0 Å². The maximum Gasteiger partial charge on any atom is 0.456 e. The van der Waals surface area contributed by atoms with Crippen LogP contribution in [0.5, 0.6) is 0 Å². The molecule has 2 aliphatic rings. The van der Waals surface area contributed by atoms with Gasteiger partial charge in [0.05, 0.1) is 13.2 Å². The zero-order valence-corrected chi connectivity index (χ0v) is 9.40. The van der Waals surface area contributed by atoms with Crippen LogP contribution in [-0.2, 0) is 9.47 Å². The van der Waals surface area contributed by atoms with Crippen LogP contribution in [0.15, 0.2) is 0 Å². The summed E-state index contributed by atoms with van der Waals surface area (Å²) in [4.78, 5) is 0. The quantitative estimate of drug-likeness (QED) is 0.746. The van der Waals surface area contributed by atoms with E-state index >= 15 is 0 Å². The molecule has 2 fully saturated rings. The average molecular weight is 276 g/mol. The predicted octanol–water partition coefficient (Wildman–Crippen LogP) is 2.23. The van der Waals surface area contributed by atoms with Crippen molar-refractivity contribution in [1.29, 1.82) is 0 Å². The lowest BCUT2D eigenvalue weighted by Crippen LogP contribution is -2.60. The average Bonchev–Trinajstić information content (AvgIpc) is 2.70. The fraction of sp³-hybridized carbons (Fsp3) is 1.00. The molecule has 1 N–H and O–H groups in total. The normalized spacial score (nSPS) is 27.7. The van der Waals surface area contributed by atoms with E-state index in [2.05, 4.69) is 0 Å². The van der Waals surface area contributed by atoms with E-state index in [0.29, 0.717) is 0 Å². The van der Waals surface area contributed by atoms with Gasteiger partial charge in [0.2, 0.25) is 0 Å². The summed E-state index contributed by atoms with van der Waals surface area (Å²) in [7, 11) is 0. The Labute approximate surface area is 99.9 Å². The Kier molecular flexibility index (Phi) is 3.11. The van der Waals surface area contributed by atoms with Crippen LogP contribution < -0.4 is 0 Å². The molecule has 106 valence electrons. The zero-order valence-electron chi connectivity index (χ0n) is 9.40. The van der Waals surface area contributed by atoms with Crippen molar-refractivity contribution in [3.63, 3.8) is 0 Å². The van der Waals surface area contributed by atoms with E-state index in [4.69, 9.17) is 9.47 Å². The molecule has 3 nitrogen and oxygen atoms in total.